The zero-order valence-electron chi connectivity index (χ0n) is 10.0. The number of rotatable bonds is 4. The molecule has 0 aliphatic carbocycles. The molecule has 19 heavy (non-hydrogen) atoms. The largest absolute Gasteiger partial charge is 0.398 e. The maximum atomic E-state index is 13.7. The number of nitrogen functional groups attached to an aromatic ring is 1. The Morgan fingerprint density at radius 1 is 1.47 bits per heavy atom. The molecule has 0 amide bonds. The summed E-state index contributed by atoms with van der Waals surface area (Å²) in [7, 11) is -4.00. The predicted molar refractivity (Wildman–Crippen MR) is 66.0 cm³/mol. The lowest BCUT2D eigenvalue weighted by molar-refractivity contribution is 0.555. The van der Waals surface area contributed by atoms with Crippen molar-refractivity contribution in [1.29, 1.82) is 0 Å². The molecule has 0 aliphatic rings. The number of hydrogen-bond acceptors (Lipinski definition) is 5. The van der Waals surface area contributed by atoms with Crippen molar-refractivity contribution in [2.24, 2.45) is 0 Å². The summed E-state index contributed by atoms with van der Waals surface area (Å²) in [5, 5.41) is 6.06. The van der Waals surface area contributed by atoms with Crippen molar-refractivity contribution in [1.82, 2.24) is 19.9 Å². The topological polar surface area (TPSA) is 114 Å². The number of nitrogens with zero attached hydrogens (tertiary/aromatic N) is 2. The summed E-state index contributed by atoms with van der Waals surface area (Å²) in [5.41, 5.74) is 6.28. The maximum Gasteiger partial charge on any atom is 0.243 e. The Hall–Kier alpha value is -2.00. The van der Waals surface area contributed by atoms with Gasteiger partial charge in [-0.1, -0.05) is 0 Å². The number of H-pyrrole nitrogens is 1. The van der Waals surface area contributed by atoms with Crippen LogP contribution < -0.4 is 10.5 Å². The molecule has 0 unspecified atom stereocenters. The van der Waals surface area contributed by atoms with E-state index in [1.165, 1.54) is 6.33 Å². The Balaban J connectivity index is 2.27. The fourth-order valence-corrected chi connectivity index (χ4v) is 2.51. The summed E-state index contributed by atoms with van der Waals surface area (Å²) in [4.78, 5) is 3.26. The second kappa shape index (κ2) is 4.94. The Kier molecular flexibility index (Phi) is 3.49. The van der Waals surface area contributed by atoms with E-state index in [0.717, 1.165) is 12.1 Å². The van der Waals surface area contributed by atoms with Gasteiger partial charge >= 0.3 is 0 Å². The Labute approximate surface area is 109 Å². The Morgan fingerprint density at radius 2 is 2.21 bits per heavy atom. The first-order valence-electron chi connectivity index (χ1n) is 5.29. The number of nitrogens with one attached hydrogen (secondary N) is 2. The number of anilines is 1. The van der Waals surface area contributed by atoms with Crippen LogP contribution in [0.5, 0.6) is 0 Å². The third-order valence-electron chi connectivity index (χ3n) is 2.50. The number of aromatic nitrogens is 3. The number of hydrogen-bond donors (Lipinski definition) is 3. The summed E-state index contributed by atoms with van der Waals surface area (Å²) in [6.45, 7) is 1.48. The number of halogens is 1. The van der Waals surface area contributed by atoms with Crippen molar-refractivity contribution in [3.63, 3.8) is 0 Å². The minimum Gasteiger partial charge on any atom is -0.398 e. The average molecular weight is 285 g/mol. The van der Waals surface area contributed by atoms with Crippen LogP contribution in [-0.4, -0.2) is 23.6 Å². The van der Waals surface area contributed by atoms with Crippen molar-refractivity contribution in [3.05, 3.63) is 35.7 Å². The van der Waals surface area contributed by atoms with Crippen LogP contribution in [0, 0.1) is 12.7 Å². The third-order valence-corrected chi connectivity index (χ3v) is 3.92. The fourth-order valence-electron chi connectivity index (χ4n) is 1.43. The molecule has 1 heterocycles. The van der Waals surface area contributed by atoms with Crippen molar-refractivity contribution < 1.29 is 12.8 Å². The van der Waals surface area contributed by atoms with E-state index in [0.29, 0.717) is 11.4 Å². The molecule has 0 saturated carbocycles. The minimum atomic E-state index is -4.00. The van der Waals surface area contributed by atoms with E-state index in [1.54, 1.807) is 6.92 Å². The molecule has 2 rings (SSSR count). The summed E-state index contributed by atoms with van der Waals surface area (Å²) in [5.74, 6) is -0.527. The van der Waals surface area contributed by atoms with E-state index < -0.39 is 20.7 Å². The highest BCUT2D eigenvalue weighted by Crippen LogP contribution is 2.21. The van der Waals surface area contributed by atoms with E-state index in [2.05, 4.69) is 19.9 Å². The molecule has 0 fully saturated rings. The van der Waals surface area contributed by atoms with Crippen molar-refractivity contribution >= 4 is 15.7 Å². The fraction of sp³-hybridized carbons (Fsp3) is 0.200. The SMILES string of the molecule is Cc1cc(F)c(S(=O)(=O)NCc2ncn[nH]2)cc1N. The summed E-state index contributed by atoms with van der Waals surface area (Å²) >= 11 is 0. The first-order valence-corrected chi connectivity index (χ1v) is 6.78. The van der Waals surface area contributed by atoms with E-state index in [1.807, 2.05) is 0 Å². The standard InChI is InChI=1S/C10H12FN5O2S/c1-6-2-7(11)9(3-8(6)12)19(17,18)15-4-10-13-5-14-16-10/h2-3,5,15H,4,12H2,1H3,(H,13,14,16). The van der Waals surface area contributed by atoms with Crippen LogP contribution in [0.1, 0.15) is 11.4 Å². The van der Waals surface area contributed by atoms with Crippen LogP contribution in [0.2, 0.25) is 0 Å². The van der Waals surface area contributed by atoms with E-state index >= 15 is 0 Å². The lowest BCUT2D eigenvalue weighted by Gasteiger charge is -2.08. The van der Waals surface area contributed by atoms with Gasteiger partial charge in [0.15, 0.2) is 0 Å². The van der Waals surface area contributed by atoms with Gasteiger partial charge in [0.05, 0.1) is 6.54 Å². The van der Waals surface area contributed by atoms with E-state index in [-0.39, 0.29) is 12.2 Å². The molecule has 9 heteroatoms. The third kappa shape index (κ3) is 2.88. The van der Waals surface area contributed by atoms with Crippen molar-refractivity contribution in [2.45, 2.75) is 18.4 Å². The van der Waals surface area contributed by atoms with Crippen LogP contribution in [0.4, 0.5) is 10.1 Å². The van der Waals surface area contributed by atoms with Gasteiger partial charge in [0, 0.05) is 5.69 Å². The number of aryl methyl sites for hydroxylation is 1. The van der Waals surface area contributed by atoms with Crippen LogP contribution in [0.25, 0.3) is 0 Å². The summed E-state index contributed by atoms with van der Waals surface area (Å²) < 4.78 is 39.8. The Bertz CT molecular complexity index is 684. The summed E-state index contributed by atoms with van der Waals surface area (Å²) in [6, 6.07) is 2.17. The molecule has 102 valence electrons. The quantitative estimate of drug-likeness (QED) is 0.700. The molecule has 0 spiro atoms. The van der Waals surface area contributed by atoms with Gasteiger partial charge in [0.1, 0.15) is 22.9 Å². The number of nitrogens with two attached hydrogens (primary N) is 1. The molecule has 0 atom stereocenters. The second-order valence-corrected chi connectivity index (χ2v) is 5.63. The van der Waals surface area contributed by atoms with Crippen LogP contribution in [0.3, 0.4) is 0 Å². The number of sulfonamides is 1. The van der Waals surface area contributed by atoms with E-state index in [4.69, 9.17) is 5.73 Å². The lowest BCUT2D eigenvalue weighted by atomic mass is 10.2. The Morgan fingerprint density at radius 3 is 2.84 bits per heavy atom. The van der Waals surface area contributed by atoms with E-state index in [9.17, 15) is 12.8 Å². The molecule has 0 saturated heterocycles. The van der Waals surface area contributed by atoms with Crippen molar-refractivity contribution in [2.75, 3.05) is 5.73 Å². The monoisotopic (exact) mass is 285 g/mol. The highest BCUT2D eigenvalue weighted by molar-refractivity contribution is 7.89. The van der Waals surface area contributed by atoms with Gasteiger partial charge in [-0.25, -0.2) is 22.5 Å². The first kappa shape index (κ1) is 13.4. The van der Waals surface area contributed by atoms with Crippen molar-refractivity contribution in [3.8, 4) is 0 Å². The molecule has 0 bridgehead atoms. The maximum absolute atomic E-state index is 13.7. The van der Waals surface area contributed by atoms with Gasteiger partial charge in [-0.3, -0.25) is 5.10 Å². The molecule has 7 nitrogen and oxygen atoms in total. The van der Waals surface area contributed by atoms with Crippen LogP contribution in [0.15, 0.2) is 23.4 Å². The first-order chi connectivity index (χ1) is 8.90. The molecular formula is C10H12FN5O2S. The molecule has 1 aromatic carbocycles. The molecule has 1 aromatic heterocycles. The predicted octanol–water partition coefficient (Wildman–Crippen LogP) is 0.313. The van der Waals surface area contributed by atoms with Gasteiger partial charge in [-0.05, 0) is 24.6 Å². The van der Waals surface area contributed by atoms with Crippen LogP contribution in [-0.2, 0) is 16.6 Å². The number of aromatic amines is 1. The highest BCUT2D eigenvalue weighted by Gasteiger charge is 2.20. The molecule has 0 aliphatic heterocycles. The molecule has 0 radical (unpaired) electrons. The normalized spacial score (nSPS) is 11.7. The molecule has 2 aromatic rings. The zero-order valence-corrected chi connectivity index (χ0v) is 10.8. The van der Waals surface area contributed by atoms with Gasteiger partial charge in [-0.2, -0.15) is 5.10 Å². The molecular weight excluding hydrogens is 273 g/mol. The highest BCUT2D eigenvalue weighted by atomic mass is 32.2. The number of benzene rings is 1. The smallest absolute Gasteiger partial charge is 0.243 e. The van der Waals surface area contributed by atoms with Gasteiger partial charge in [-0.15, -0.1) is 0 Å². The van der Waals surface area contributed by atoms with Gasteiger partial charge < -0.3 is 5.73 Å². The average Bonchev–Trinajstić information content (AvgIpc) is 2.84. The van der Waals surface area contributed by atoms with Gasteiger partial charge in [0.2, 0.25) is 10.0 Å². The lowest BCUT2D eigenvalue weighted by Crippen LogP contribution is -2.25. The summed E-state index contributed by atoms with van der Waals surface area (Å²) in [6.07, 6.45) is 1.24. The second-order valence-electron chi connectivity index (χ2n) is 3.90. The van der Waals surface area contributed by atoms with Gasteiger partial charge in [0.25, 0.3) is 0 Å². The minimum absolute atomic E-state index is 0.116. The molecule has 4 N–H and O–H groups in total. The van der Waals surface area contributed by atoms with Crippen LogP contribution >= 0.6 is 0 Å². The zero-order chi connectivity index (χ0) is 14.0.